The van der Waals surface area contributed by atoms with Crippen LogP contribution in [-0.4, -0.2) is 32.2 Å². The minimum Gasteiger partial charge on any atom is -0.548 e. The van der Waals surface area contributed by atoms with Crippen molar-refractivity contribution < 1.29 is 14.7 Å². The van der Waals surface area contributed by atoms with E-state index in [0.717, 1.165) is 10.4 Å². The molecule has 132 valence electrons. The number of benzene rings is 2. The van der Waals surface area contributed by atoms with Gasteiger partial charge in [-0.2, -0.15) is 4.80 Å². The fourth-order valence-electron chi connectivity index (χ4n) is 2.23. The molecule has 0 aliphatic heterocycles. The summed E-state index contributed by atoms with van der Waals surface area (Å²) in [6.45, 7) is -0.0711. The maximum Gasteiger partial charge on any atom is 0.319 e. The number of anilines is 1. The third-order valence-corrected chi connectivity index (χ3v) is 3.40. The van der Waals surface area contributed by atoms with Crippen molar-refractivity contribution in [3.8, 4) is 11.4 Å². The van der Waals surface area contributed by atoms with Gasteiger partial charge in [0.25, 0.3) is 0 Å². The van der Waals surface area contributed by atoms with Gasteiger partial charge in [-0.3, -0.25) is 0 Å². The van der Waals surface area contributed by atoms with Crippen molar-refractivity contribution in [3.63, 3.8) is 0 Å². The summed E-state index contributed by atoms with van der Waals surface area (Å²) in [7, 11) is 0. The van der Waals surface area contributed by atoms with Gasteiger partial charge in [0.15, 0.2) is 0 Å². The molecule has 3 aromatic rings. The highest BCUT2D eigenvalue weighted by atomic mass is 16.4. The minimum absolute atomic E-state index is 0.250. The highest BCUT2D eigenvalue weighted by molar-refractivity contribution is 5.89. The number of tetrazole rings is 1. The van der Waals surface area contributed by atoms with Crippen LogP contribution >= 0.6 is 0 Å². The molecular formula is C17H15N6O3-. The summed E-state index contributed by atoms with van der Waals surface area (Å²) in [5, 5.41) is 27.4. The van der Waals surface area contributed by atoms with Gasteiger partial charge < -0.3 is 20.5 Å². The molecule has 9 nitrogen and oxygen atoms in total. The van der Waals surface area contributed by atoms with Crippen molar-refractivity contribution in [1.29, 1.82) is 0 Å². The molecule has 2 amide bonds. The molecule has 26 heavy (non-hydrogen) atoms. The zero-order valence-corrected chi connectivity index (χ0v) is 13.6. The first-order chi connectivity index (χ1) is 12.6. The molecule has 3 rings (SSSR count). The molecule has 0 radical (unpaired) electrons. The summed E-state index contributed by atoms with van der Waals surface area (Å²) in [4.78, 5) is 23.5. The molecule has 0 spiro atoms. The van der Waals surface area contributed by atoms with Crippen LogP contribution in [-0.2, 0) is 17.9 Å². The van der Waals surface area contributed by atoms with Crippen LogP contribution in [0.3, 0.4) is 0 Å². The average Bonchev–Trinajstić information content (AvgIpc) is 3.09. The Morgan fingerprint density at radius 2 is 1.88 bits per heavy atom. The third kappa shape index (κ3) is 4.63. The van der Waals surface area contributed by atoms with Gasteiger partial charge in [0.1, 0.15) is 6.54 Å². The van der Waals surface area contributed by atoms with Crippen LogP contribution in [0.4, 0.5) is 10.5 Å². The molecule has 2 N–H and O–H groups in total. The van der Waals surface area contributed by atoms with Gasteiger partial charge in [-0.05, 0) is 22.9 Å². The SMILES string of the molecule is O=C([O-])Cn1nnc(-c2cccc(NC(=O)NCc3ccccc3)c2)n1. The highest BCUT2D eigenvalue weighted by Crippen LogP contribution is 2.18. The zero-order chi connectivity index (χ0) is 18.4. The quantitative estimate of drug-likeness (QED) is 0.663. The molecule has 0 fully saturated rings. The van der Waals surface area contributed by atoms with E-state index >= 15 is 0 Å². The molecule has 2 aromatic carbocycles. The molecular weight excluding hydrogens is 336 g/mol. The minimum atomic E-state index is -1.31. The standard InChI is InChI=1S/C17H16N6O3/c24-15(25)11-23-21-16(20-22-23)13-7-4-8-14(9-13)19-17(26)18-10-12-5-2-1-3-6-12/h1-9H,10-11H2,(H,24,25)(H2,18,19,26)/p-1. The number of amides is 2. The molecule has 0 saturated carbocycles. The van der Waals surface area contributed by atoms with Crippen molar-refractivity contribution >= 4 is 17.7 Å². The van der Waals surface area contributed by atoms with Crippen LogP contribution in [0.1, 0.15) is 5.56 Å². The number of nitrogens with one attached hydrogen (secondary N) is 2. The third-order valence-electron chi connectivity index (χ3n) is 3.40. The monoisotopic (exact) mass is 351 g/mol. The number of rotatable bonds is 6. The first-order valence-electron chi connectivity index (χ1n) is 7.77. The second kappa shape index (κ2) is 7.88. The van der Waals surface area contributed by atoms with Crippen LogP contribution in [0.25, 0.3) is 11.4 Å². The summed E-state index contributed by atoms with van der Waals surface area (Å²) >= 11 is 0. The lowest BCUT2D eigenvalue weighted by molar-refractivity contribution is -0.307. The van der Waals surface area contributed by atoms with E-state index in [0.29, 0.717) is 17.8 Å². The van der Waals surface area contributed by atoms with Crippen LogP contribution < -0.4 is 15.7 Å². The second-order valence-corrected chi connectivity index (χ2v) is 5.39. The summed E-state index contributed by atoms with van der Waals surface area (Å²) in [5.74, 6) is -1.06. The number of nitrogens with zero attached hydrogens (tertiary/aromatic N) is 4. The van der Waals surface area contributed by atoms with Gasteiger partial charge in [-0.1, -0.05) is 42.5 Å². The number of urea groups is 1. The van der Waals surface area contributed by atoms with Crippen molar-refractivity contribution in [1.82, 2.24) is 25.5 Å². The van der Waals surface area contributed by atoms with Crippen LogP contribution in [0, 0.1) is 0 Å². The van der Waals surface area contributed by atoms with Gasteiger partial charge in [-0.15, -0.1) is 10.2 Å². The molecule has 9 heteroatoms. The van der Waals surface area contributed by atoms with Gasteiger partial charge >= 0.3 is 6.03 Å². The molecule has 0 unspecified atom stereocenters. The lowest BCUT2D eigenvalue weighted by atomic mass is 10.2. The summed E-state index contributed by atoms with van der Waals surface area (Å²) < 4.78 is 0. The van der Waals surface area contributed by atoms with Gasteiger partial charge in [0.05, 0.1) is 5.97 Å². The van der Waals surface area contributed by atoms with Crippen molar-refractivity contribution in [2.45, 2.75) is 13.1 Å². The normalized spacial score (nSPS) is 10.3. The van der Waals surface area contributed by atoms with Gasteiger partial charge in [0.2, 0.25) is 5.82 Å². The fourth-order valence-corrected chi connectivity index (χ4v) is 2.23. The Morgan fingerprint density at radius 3 is 2.65 bits per heavy atom. The molecule has 0 saturated heterocycles. The number of aromatic nitrogens is 4. The lowest BCUT2D eigenvalue weighted by Crippen LogP contribution is -2.28. The maximum absolute atomic E-state index is 12.0. The predicted molar refractivity (Wildman–Crippen MR) is 90.6 cm³/mol. The topological polar surface area (TPSA) is 125 Å². The maximum atomic E-state index is 12.0. The first kappa shape index (κ1) is 17.1. The van der Waals surface area contributed by atoms with E-state index in [9.17, 15) is 14.7 Å². The van der Waals surface area contributed by atoms with Crippen molar-refractivity contribution in [3.05, 3.63) is 60.2 Å². The van der Waals surface area contributed by atoms with E-state index in [1.54, 1.807) is 24.3 Å². The first-order valence-corrected chi connectivity index (χ1v) is 7.77. The van der Waals surface area contributed by atoms with E-state index in [1.165, 1.54) is 0 Å². The number of carboxylic acid groups (broad SMARTS) is 1. The smallest absolute Gasteiger partial charge is 0.319 e. The number of hydrogen-bond donors (Lipinski definition) is 2. The predicted octanol–water partition coefficient (Wildman–Crippen LogP) is 0.412. The Hall–Kier alpha value is -3.75. The molecule has 1 aromatic heterocycles. The number of carboxylic acids is 1. The summed E-state index contributed by atoms with van der Waals surface area (Å²) in [5.41, 5.74) is 2.13. The Morgan fingerprint density at radius 1 is 1.08 bits per heavy atom. The lowest BCUT2D eigenvalue weighted by Gasteiger charge is -2.08. The fraction of sp³-hybridized carbons (Fsp3) is 0.118. The number of carbonyl (C=O) groups excluding carboxylic acids is 2. The van der Waals surface area contributed by atoms with E-state index in [1.807, 2.05) is 30.3 Å². The molecule has 0 atom stereocenters. The van der Waals surface area contributed by atoms with Crippen molar-refractivity contribution in [2.75, 3.05) is 5.32 Å². The largest absolute Gasteiger partial charge is 0.548 e. The van der Waals surface area contributed by atoms with E-state index < -0.39 is 12.5 Å². The van der Waals surface area contributed by atoms with E-state index in [-0.39, 0.29) is 11.9 Å². The Kier molecular flexibility index (Phi) is 5.18. The van der Waals surface area contributed by atoms with Gasteiger partial charge in [0, 0.05) is 17.8 Å². The van der Waals surface area contributed by atoms with Crippen LogP contribution in [0.5, 0.6) is 0 Å². The van der Waals surface area contributed by atoms with E-state index in [4.69, 9.17) is 0 Å². The molecule has 0 aliphatic carbocycles. The zero-order valence-electron chi connectivity index (χ0n) is 13.6. The summed E-state index contributed by atoms with van der Waals surface area (Å²) in [6, 6.07) is 16.0. The Balaban J connectivity index is 1.62. The van der Waals surface area contributed by atoms with Crippen molar-refractivity contribution in [2.24, 2.45) is 0 Å². The average molecular weight is 351 g/mol. The highest BCUT2D eigenvalue weighted by Gasteiger charge is 2.08. The molecule has 0 aliphatic rings. The number of carbonyl (C=O) groups is 2. The Bertz CT molecular complexity index is 910. The molecule has 0 bridgehead atoms. The van der Waals surface area contributed by atoms with E-state index in [2.05, 4.69) is 26.0 Å². The van der Waals surface area contributed by atoms with Crippen LogP contribution in [0.15, 0.2) is 54.6 Å². The Labute approximate surface area is 148 Å². The summed E-state index contributed by atoms with van der Waals surface area (Å²) in [6.07, 6.45) is 0. The number of aliphatic carboxylic acids is 1. The second-order valence-electron chi connectivity index (χ2n) is 5.39. The van der Waals surface area contributed by atoms with Gasteiger partial charge in [-0.25, -0.2) is 4.79 Å². The number of hydrogen-bond acceptors (Lipinski definition) is 6. The molecule has 1 heterocycles. The van der Waals surface area contributed by atoms with Crippen LogP contribution in [0.2, 0.25) is 0 Å².